The summed E-state index contributed by atoms with van der Waals surface area (Å²) in [5.74, 6) is -0.0351. The van der Waals surface area contributed by atoms with E-state index in [0.29, 0.717) is 13.0 Å². The van der Waals surface area contributed by atoms with Crippen LogP contribution in [0.1, 0.15) is 39.0 Å². The molecule has 0 aliphatic carbocycles. The van der Waals surface area contributed by atoms with Crippen LogP contribution in [0.3, 0.4) is 0 Å². The van der Waals surface area contributed by atoms with E-state index in [2.05, 4.69) is 0 Å². The maximum Gasteiger partial charge on any atom is 0.308 e. The van der Waals surface area contributed by atoms with Gasteiger partial charge in [0.1, 0.15) is 11.7 Å². The number of nitrogens with zero attached hydrogens (tertiary/aromatic N) is 1. The van der Waals surface area contributed by atoms with Crippen molar-refractivity contribution >= 4 is 11.9 Å². The molecule has 0 saturated carbocycles. The SMILES string of the molecule is CCOC(=O)C[C@@H]1O[C@]12CC(=O)N1CCCC[C@H]12. The molecule has 0 aromatic heterocycles. The van der Waals surface area contributed by atoms with Gasteiger partial charge in [-0.2, -0.15) is 0 Å². The molecule has 3 atom stereocenters. The fraction of sp³-hybridized carbons (Fsp3) is 0.846. The highest BCUT2D eigenvalue weighted by molar-refractivity contribution is 5.82. The average molecular weight is 253 g/mol. The van der Waals surface area contributed by atoms with Gasteiger partial charge in [0, 0.05) is 6.54 Å². The Balaban J connectivity index is 1.67. The number of epoxide rings is 1. The van der Waals surface area contributed by atoms with E-state index in [1.807, 2.05) is 4.90 Å². The Morgan fingerprint density at radius 1 is 1.56 bits per heavy atom. The van der Waals surface area contributed by atoms with E-state index in [1.54, 1.807) is 6.92 Å². The molecule has 0 N–H and O–H groups in total. The standard InChI is InChI=1S/C13H19NO4/c1-2-17-12(16)7-10-13(18-10)8-11(15)14-6-4-3-5-9(13)14/h9-10H,2-8H2,1H3/t9-,10-,13-/m0/s1. The number of carbonyl (C=O) groups is 2. The van der Waals surface area contributed by atoms with E-state index in [1.165, 1.54) is 0 Å². The summed E-state index contributed by atoms with van der Waals surface area (Å²) in [6.07, 6.45) is 3.85. The first-order valence-electron chi connectivity index (χ1n) is 6.80. The summed E-state index contributed by atoms with van der Waals surface area (Å²) in [4.78, 5) is 25.4. The third-order valence-electron chi connectivity index (χ3n) is 4.32. The predicted octanol–water partition coefficient (Wildman–Crippen LogP) is 0.862. The van der Waals surface area contributed by atoms with Gasteiger partial charge in [-0.15, -0.1) is 0 Å². The predicted molar refractivity (Wildman–Crippen MR) is 62.8 cm³/mol. The summed E-state index contributed by atoms with van der Waals surface area (Å²) in [5.41, 5.74) is -0.371. The Morgan fingerprint density at radius 3 is 3.17 bits per heavy atom. The molecule has 3 saturated heterocycles. The second kappa shape index (κ2) is 4.23. The Labute approximate surface area is 106 Å². The lowest BCUT2D eigenvalue weighted by Gasteiger charge is -2.31. The Morgan fingerprint density at radius 2 is 2.39 bits per heavy atom. The molecule has 100 valence electrons. The van der Waals surface area contributed by atoms with E-state index in [4.69, 9.17) is 9.47 Å². The first-order valence-corrected chi connectivity index (χ1v) is 6.80. The molecule has 0 radical (unpaired) electrons. The summed E-state index contributed by atoms with van der Waals surface area (Å²) in [6.45, 7) is 3.04. The molecule has 5 heteroatoms. The molecule has 3 aliphatic rings. The molecular formula is C13H19NO4. The van der Waals surface area contributed by atoms with Gasteiger partial charge >= 0.3 is 5.97 Å². The normalized spacial score (nSPS) is 37.8. The van der Waals surface area contributed by atoms with Crippen LogP contribution in [0.15, 0.2) is 0 Å². The molecule has 3 fully saturated rings. The minimum absolute atomic E-state index is 0.117. The molecule has 0 aromatic rings. The number of ether oxygens (including phenoxy) is 2. The summed E-state index contributed by atoms with van der Waals surface area (Å²) in [6, 6.07) is 0.193. The number of amides is 1. The Bertz CT molecular complexity index is 383. The van der Waals surface area contributed by atoms with Crippen molar-refractivity contribution in [2.45, 2.75) is 56.8 Å². The van der Waals surface area contributed by atoms with Crippen molar-refractivity contribution < 1.29 is 19.1 Å². The van der Waals surface area contributed by atoms with Crippen LogP contribution >= 0.6 is 0 Å². The van der Waals surface area contributed by atoms with Crippen molar-refractivity contribution in [3.63, 3.8) is 0 Å². The zero-order valence-electron chi connectivity index (χ0n) is 10.7. The van der Waals surface area contributed by atoms with Crippen LogP contribution in [-0.4, -0.2) is 47.7 Å². The van der Waals surface area contributed by atoms with Crippen molar-refractivity contribution in [1.29, 1.82) is 0 Å². The molecule has 5 nitrogen and oxygen atoms in total. The average Bonchev–Trinajstić information content (AvgIpc) is 2.94. The van der Waals surface area contributed by atoms with Crippen LogP contribution in [0.2, 0.25) is 0 Å². The number of carbonyl (C=O) groups excluding carboxylic acids is 2. The van der Waals surface area contributed by atoms with Crippen molar-refractivity contribution in [2.24, 2.45) is 0 Å². The lowest BCUT2D eigenvalue weighted by Crippen LogP contribution is -2.43. The largest absolute Gasteiger partial charge is 0.466 e. The van der Waals surface area contributed by atoms with E-state index >= 15 is 0 Å². The molecule has 3 heterocycles. The molecule has 3 aliphatic heterocycles. The molecular weight excluding hydrogens is 234 g/mol. The number of esters is 1. The second-order valence-corrected chi connectivity index (χ2v) is 5.35. The van der Waals surface area contributed by atoms with Gasteiger partial charge in [0.2, 0.25) is 5.91 Å². The first-order chi connectivity index (χ1) is 8.67. The van der Waals surface area contributed by atoms with Gasteiger partial charge in [0.25, 0.3) is 0 Å². The summed E-state index contributed by atoms with van der Waals surface area (Å²) >= 11 is 0. The minimum Gasteiger partial charge on any atom is -0.466 e. The summed E-state index contributed by atoms with van der Waals surface area (Å²) in [5, 5.41) is 0. The number of piperidine rings is 1. The molecule has 1 amide bonds. The van der Waals surface area contributed by atoms with E-state index in [-0.39, 0.29) is 36.0 Å². The number of rotatable bonds is 3. The Kier molecular flexibility index (Phi) is 2.81. The highest BCUT2D eigenvalue weighted by Gasteiger charge is 2.68. The maximum absolute atomic E-state index is 12.0. The van der Waals surface area contributed by atoms with Gasteiger partial charge in [-0.05, 0) is 26.2 Å². The molecule has 0 aromatic carbocycles. The molecule has 0 bridgehead atoms. The quantitative estimate of drug-likeness (QED) is 0.553. The Hall–Kier alpha value is -1.10. The van der Waals surface area contributed by atoms with Crippen LogP contribution in [-0.2, 0) is 19.1 Å². The molecule has 18 heavy (non-hydrogen) atoms. The second-order valence-electron chi connectivity index (χ2n) is 5.35. The highest BCUT2D eigenvalue weighted by atomic mass is 16.6. The van der Waals surface area contributed by atoms with Gasteiger partial charge in [-0.3, -0.25) is 9.59 Å². The van der Waals surface area contributed by atoms with Crippen LogP contribution in [0.4, 0.5) is 0 Å². The van der Waals surface area contributed by atoms with Crippen LogP contribution in [0, 0.1) is 0 Å². The van der Waals surface area contributed by atoms with Crippen molar-refractivity contribution in [3.8, 4) is 0 Å². The fourth-order valence-electron chi connectivity index (χ4n) is 3.46. The van der Waals surface area contributed by atoms with Crippen molar-refractivity contribution in [1.82, 2.24) is 4.90 Å². The first kappa shape index (κ1) is 12.0. The van der Waals surface area contributed by atoms with Crippen molar-refractivity contribution in [3.05, 3.63) is 0 Å². The zero-order valence-corrected chi connectivity index (χ0v) is 10.7. The zero-order chi connectivity index (χ0) is 12.8. The van der Waals surface area contributed by atoms with Gasteiger partial charge in [0.05, 0.1) is 25.5 Å². The fourth-order valence-corrected chi connectivity index (χ4v) is 3.46. The minimum atomic E-state index is -0.371. The lowest BCUT2D eigenvalue weighted by atomic mass is 9.89. The third-order valence-corrected chi connectivity index (χ3v) is 4.32. The van der Waals surface area contributed by atoms with Crippen LogP contribution in [0.5, 0.6) is 0 Å². The summed E-state index contributed by atoms with van der Waals surface area (Å²) < 4.78 is 10.7. The third kappa shape index (κ3) is 1.72. The van der Waals surface area contributed by atoms with E-state index < -0.39 is 0 Å². The van der Waals surface area contributed by atoms with Crippen LogP contribution in [0.25, 0.3) is 0 Å². The lowest BCUT2D eigenvalue weighted by molar-refractivity contribution is -0.143. The maximum atomic E-state index is 12.0. The molecule has 3 rings (SSSR count). The van der Waals surface area contributed by atoms with Crippen LogP contribution < -0.4 is 0 Å². The summed E-state index contributed by atoms with van der Waals surface area (Å²) in [7, 11) is 0. The number of hydrogen-bond acceptors (Lipinski definition) is 4. The molecule has 1 spiro atoms. The van der Waals surface area contributed by atoms with E-state index in [0.717, 1.165) is 25.8 Å². The van der Waals surface area contributed by atoms with Gasteiger partial charge < -0.3 is 14.4 Å². The monoisotopic (exact) mass is 253 g/mol. The topological polar surface area (TPSA) is 59.1 Å². The highest BCUT2D eigenvalue weighted by Crippen LogP contribution is 2.53. The number of hydrogen-bond donors (Lipinski definition) is 0. The number of fused-ring (bicyclic) bond motifs is 2. The van der Waals surface area contributed by atoms with Gasteiger partial charge in [-0.1, -0.05) is 0 Å². The smallest absolute Gasteiger partial charge is 0.308 e. The van der Waals surface area contributed by atoms with Gasteiger partial charge in [0.15, 0.2) is 0 Å². The van der Waals surface area contributed by atoms with E-state index in [9.17, 15) is 9.59 Å². The van der Waals surface area contributed by atoms with Gasteiger partial charge in [-0.25, -0.2) is 0 Å². The molecule has 0 unspecified atom stereocenters. The van der Waals surface area contributed by atoms with Crippen molar-refractivity contribution in [2.75, 3.05) is 13.2 Å².